The highest BCUT2D eigenvalue weighted by Crippen LogP contribution is 2.42. The van der Waals surface area contributed by atoms with Gasteiger partial charge >= 0.3 is 12.4 Å². The number of pyridine rings is 1. The number of rotatable bonds is 3. The molecule has 5 aromatic carbocycles. The number of hydrogen-bond acceptors (Lipinski definition) is 2. The molecule has 0 radical (unpaired) electrons. The monoisotopic (exact) mass is 674 g/mol. The van der Waals surface area contributed by atoms with Crippen LogP contribution in [0.5, 0.6) is 0 Å². The molecular weight excluding hydrogens is 650 g/mol. The van der Waals surface area contributed by atoms with Gasteiger partial charge in [-0.1, -0.05) is 48.5 Å². The Hall–Kier alpha value is -6.08. The summed E-state index contributed by atoms with van der Waals surface area (Å²) in [7, 11) is 0. The van der Waals surface area contributed by atoms with Crippen LogP contribution in [-0.2, 0) is 12.4 Å². The maximum Gasteiger partial charge on any atom is 0.416 e. The number of benzene rings is 5. The van der Waals surface area contributed by atoms with Crippen molar-refractivity contribution in [3.05, 3.63) is 137 Å². The van der Waals surface area contributed by atoms with Crippen molar-refractivity contribution in [1.29, 1.82) is 5.26 Å². The largest absolute Gasteiger partial charge is 0.416 e. The van der Waals surface area contributed by atoms with Crippen molar-refractivity contribution >= 4 is 43.6 Å². The summed E-state index contributed by atoms with van der Waals surface area (Å²) in [6.07, 6.45) is -7.65. The summed E-state index contributed by atoms with van der Waals surface area (Å²) in [6, 6.07) is 29.2. The van der Waals surface area contributed by atoms with Crippen LogP contribution in [0, 0.1) is 25.2 Å². The molecule has 0 fully saturated rings. The van der Waals surface area contributed by atoms with Gasteiger partial charge in [0.2, 0.25) is 0 Å². The highest BCUT2D eigenvalue weighted by Gasteiger charge is 2.33. The Morgan fingerprint density at radius 1 is 0.580 bits per heavy atom. The van der Waals surface area contributed by atoms with E-state index in [1.165, 1.54) is 18.3 Å². The third kappa shape index (κ3) is 4.96. The van der Waals surface area contributed by atoms with E-state index in [1.54, 1.807) is 39.5 Å². The molecule has 3 aromatic heterocycles. The first-order chi connectivity index (χ1) is 23.8. The van der Waals surface area contributed by atoms with Crippen LogP contribution in [0.2, 0.25) is 0 Å². The average Bonchev–Trinajstić information content (AvgIpc) is 3.58. The first kappa shape index (κ1) is 31.2. The van der Waals surface area contributed by atoms with Gasteiger partial charge in [-0.3, -0.25) is 4.57 Å². The maximum absolute atomic E-state index is 14.1. The summed E-state index contributed by atoms with van der Waals surface area (Å²) in [5, 5.41) is 12.4. The molecule has 0 atom stereocenters. The van der Waals surface area contributed by atoms with Crippen LogP contribution >= 0.6 is 0 Å². The molecule has 0 aliphatic carbocycles. The molecule has 0 aliphatic heterocycles. The minimum atomic E-state index is -4.60. The summed E-state index contributed by atoms with van der Waals surface area (Å²) in [4.78, 5) is 4.81. The van der Waals surface area contributed by atoms with Crippen molar-refractivity contribution < 1.29 is 26.3 Å². The van der Waals surface area contributed by atoms with Crippen LogP contribution in [-0.4, -0.2) is 14.1 Å². The lowest BCUT2D eigenvalue weighted by Gasteiger charge is -2.17. The lowest BCUT2D eigenvalue weighted by molar-refractivity contribution is -0.138. The van der Waals surface area contributed by atoms with Crippen molar-refractivity contribution in [2.45, 2.75) is 26.2 Å². The molecule has 0 saturated heterocycles. The number of fused-ring (bicyclic) bond motifs is 6. The second-order valence-electron chi connectivity index (χ2n) is 12.4. The van der Waals surface area contributed by atoms with Crippen molar-refractivity contribution in [1.82, 2.24) is 14.1 Å². The summed E-state index contributed by atoms with van der Waals surface area (Å²) < 4.78 is 87.6. The molecule has 50 heavy (non-hydrogen) atoms. The molecule has 3 heterocycles. The molecule has 0 spiro atoms. The van der Waals surface area contributed by atoms with Gasteiger partial charge in [-0.25, -0.2) is 4.98 Å². The van der Waals surface area contributed by atoms with E-state index in [1.807, 2.05) is 50.2 Å². The van der Waals surface area contributed by atoms with Gasteiger partial charge in [-0.05, 0) is 85.1 Å². The minimum absolute atomic E-state index is 0.291. The first-order valence-corrected chi connectivity index (χ1v) is 15.6. The van der Waals surface area contributed by atoms with Crippen LogP contribution in [0.25, 0.3) is 66.2 Å². The molecule has 0 aliphatic rings. The molecule has 0 saturated carbocycles. The molecule has 10 heteroatoms. The predicted octanol–water partition coefficient (Wildman–Crippen LogP) is 11.5. The number of halogens is 6. The standard InChI is InChI=1S/C40H24F6N4/c1-22-6-10-28-30-12-8-26(39(41,42)43)17-35(30)49(33(28)14-22)37-21-48-38(19-32(37)25-5-3-4-24(16-25)20-47)50-34-15-23(2)7-11-29(34)31-13-9-27(18-36(31)50)40(44,45)46/h3-19,21H,1-2H3. The van der Waals surface area contributed by atoms with Gasteiger partial charge in [0.05, 0.1) is 56.7 Å². The molecule has 246 valence electrons. The van der Waals surface area contributed by atoms with Crippen LogP contribution in [0.4, 0.5) is 26.3 Å². The lowest BCUT2D eigenvalue weighted by Crippen LogP contribution is -2.07. The topological polar surface area (TPSA) is 46.5 Å². The van der Waals surface area contributed by atoms with Crippen molar-refractivity contribution in [3.63, 3.8) is 0 Å². The Bertz CT molecular complexity index is 2720. The normalized spacial score (nSPS) is 12.4. The zero-order valence-electron chi connectivity index (χ0n) is 26.4. The van der Waals surface area contributed by atoms with Gasteiger partial charge in [-0.2, -0.15) is 31.6 Å². The lowest BCUT2D eigenvalue weighted by atomic mass is 10.0. The smallest absolute Gasteiger partial charge is 0.307 e. The second-order valence-corrected chi connectivity index (χ2v) is 12.4. The van der Waals surface area contributed by atoms with E-state index in [2.05, 4.69) is 6.07 Å². The molecule has 8 rings (SSSR count). The van der Waals surface area contributed by atoms with Crippen LogP contribution in [0.1, 0.15) is 27.8 Å². The van der Waals surface area contributed by atoms with Crippen molar-refractivity contribution in [3.8, 4) is 28.7 Å². The molecule has 0 N–H and O–H groups in total. The summed E-state index contributed by atoms with van der Waals surface area (Å²) in [5.41, 5.74) is 3.89. The van der Waals surface area contributed by atoms with E-state index < -0.39 is 23.5 Å². The molecular formula is C40H24F6N4. The average molecular weight is 675 g/mol. The van der Waals surface area contributed by atoms with E-state index in [-0.39, 0.29) is 0 Å². The van der Waals surface area contributed by atoms with Gasteiger partial charge in [-0.15, -0.1) is 0 Å². The number of hydrogen-bond donors (Lipinski definition) is 0. The van der Waals surface area contributed by atoms with Crippen LogP contribution < -0.4 is 0 Å². The third-order valence-corrected chi connectivity index (χ3v) is 9.14. The fraction of sp³-hybridized carbons (Fsp3) is 0.100. The van der Waals surface area contributed by atoms with Gasteiger partial charge in [0.15, 0.2) is 0 Å². The Morgan fingerprint density at radius 2 is 1.08 bits per heavy atom. The molecule has 0 bridgehead atoms. The molecule has 4 nitrogen and oxygen atoms in total. The number of alkyl halides is 6. The Kier molecular flexibility index (Phi) is 6.85. The fourth-order valence-corrected chi connectivity index (χ4v) is 6.84. The predicted molar refractivity (Wildman–Crippen MR) is 183 cm³/mol. The zero-order chi connectivity index (χ0) is 35.1. The Balaban J connectivity index is 1.50. The van der Waals surface area contributed by atoms with E-state index in [0.717, 1.165) is 46.2 Å². The molecule has 0 amide bonds. The van der Waals surface area contributed by atoms with Gasteiger partial charge in [0.25, 0.3) is 0 Å². The van der Waals surface area contributed by atoms with Crippen LogP contribution in [0.15, 0.2) is 109 Å². The van der Waals surface area contributed by atoms with E-state index in [9.17, 15) is 31.6 Å². The summed E-state index contributed by atoms with van der Waals surface area (Å²) >= 11 is 0. The van der Waals surface area contributed by atoms with E-state index in [4.69, 9.17) is 4.98 Å². The molecule has 8 aromatic rings. The van der Waals surface area contributed by atoms with Crippen LogP contribution in [0.3, 0.4) is 0 Å². The summed E-state index contributed by atoms with van der Waals surface area (Å²) in [5.74, 6) is 0.295. The number of aromatic nitrogens is 3. The number of aryl methyl sites for hydroxylation is 2. The summed E-state index contributed by atoms with van der Waals surface area (Å²) in [6.45, 7) is 3.78. The Labute approximate surface area is 281 Å². The minimum Gasteiger partial charge on any atom is -0.307 e. The number of nitrogens with zero attached hydrogens (tertiary/aromatic N) is 4. The second kappa shape index (κ2) is 11.0. The van der Waals surface area contributed by atoms with E-state index in [0.29, 0.717) is 61.0 Å². The van der Waals surface area contributed by atoms with Gasteiger partial charge in [0.1, 0.15) is 5.82 Å². The Morgan fingerprint density at radius 3 is 1.62 bits per heavy atom. The number of nitriles is 1. The van der Waals surface area contributed by atoms with Crippen molar-refractivity contribution in [2.75, 3.05) is 0 Å². The fourth-order valence-electron chi connectivity index (χ4n) is 6.84. The zero-order valence-corrected chi connectivity index (χ0v) is 26.4. The first-order valence-electron chi connectivity index (χ1n) is 15.6. The SMILES string of the molecule is Cc1ccc2c3ccc(C(F)(F)F)cc3n(-c3cc(-c4cccc(C#N)c4)c(-n4c5cc(C)ccc5c5ccc(C(F)(F)F)cc54)cn3)c2c1. The highest BCUT2D eigenvalue weighted by molar-refractivity contribution is 6.11. The quantitative estimate of drug-likeness (QED) is 0.175. The maximum atomic E-state index is 14.1. The van der Waals surface area contributed by atoms with Crippen molar-refractivity contribution in [2.24, 2.45) is 0 Å². The highest BCUT2D eigenvalue weighted by atomic mass is 19.4. The third-order valence-electron chi connectivity index (χ3n) is 9.14. The van der Waals surface area contributed by atoms with E-state index >= 15 is 0 Å². The molecule has 0 unspecified atom stereocenters. The van der Waals surface area contributed by atoms with Gasteiger partial charge in [0, 0.05) is 27.1 Å². The van der Waals surface area contributed by atoms with Gasteiger partial charge < -0.3 is 4.57 Å².